The van der Waals surface area contributed by atoms with Crippen molar-refractivity contribution in [1.29, 1.82) is 5.26 Å². The van der Waals surface area contributed by atoms with Crippen LogP contribution in [0, 0.1) is 18.3 Å². The second-order valence-corrected chi connectivity index (χ2v) is 5.45. The van der Waals surface area contributed by atoms with Crippen molar-refractivity contribution in [2.75, 3.05) is 0 Å². The van der Waals surface area contributed by atoms with Crippen LogP contribution in [0.1, 0.15) is 16.7 Å². The number of allylic oxidation sites excluding steroid dienone is 4. The summed E-state index contributed by atoms with van der Waals surface area (Å²) in [6.45, 7) is 9.25. The maximum absolute atomic E-state index is 13.1. The van der Waals surface area contributed by atoms with Crippen LogP contribution >= 0.6 is 0 Å². The Morgan fingerprint density at radius 3 is 2.62 bits per heavy atom. The minimum Gasteiger partial charge on any atom is -0.463 e. The molecule has 116 valence electrons. The molecule has 0 saturated carbocycles. The van der Waals surface area contributed by atoms with Crippen molar-refractivity contribution in [2.45, 2.75) is 6.92 Å². The van der Waals surface area contributed by atoms with Gasteiger partial charge in [-0.2, -0.15) is 5.26 Å². The van der Waals surface area contributed by atoms with Crippen LogP contribution in [0.4, 0.5) is 0 Å². The highest BCUT2D eigenvalue weighted by Crippen LogP contribution is 2.29. The fraction of sp³-hybridized carbons (Fsp3) is 0.0476. The molecular formula is C21H15NO2. The molecule has 0 saturated heterocycles. The number of aryl methyl sites for hydroxylation is 1. The third kappa shape index (κ3) is 2.26. The number of fused-ring (bicyclic) bond motifs is 3. The van der Waals surface area contributed by atoms with Gasteiger partial charge in [0.1, 0.15) is 17.9 Å². The highest BCUT2D eigenvalue weighted by atomic mass is 16.3. The second-order valence-electron chi connectivity index (χ2n) is 5.45. The van der Waals surface area contributed by atoms with Crippen molar-refractivity contribution in [3.05, 3.63) is 88.8 Å². The number of benzene rings is 2. The minimum absolute atomic E-state index is 0.183. The van der Waals surface area contributed by atoms with Gasteiger partial charge in [0, 0.05) is 5.39 Å². The van der Waals surface area contributed by atoms with Gasteiger partial charge in [-0.15, -0.1) is 0 Å². The van der Waals surface area contributed by atoms with E-state index < -0.39 is 0 Å². The van der Waals surface area contributed by atoms with Gasteiger partial charge in [-0.05, 0) is 29.5 Å². The van der Waals surface area contributed by atoms with Crippen LogP contribution in [0.3, 0.4) is 0 Å². The second kappa shape index (κ2) is 6.02. The van der Waals surface area contributed by atoms with Gasteiger partial charge in [0.05, 0.1) is 16.5 Å². The first-order chi connectivity index (χ1) is 11.6. The number of rotatable bonds is 3. The molecule has 0 fully saturated rings. The maximum Gasteiger partial charge on any atom is 0.201 e. The van der Waals surface area contributed by atoms with Crippen LogP contribution in [0.5, 0.6) is 0 Å². The molecule has 0 bridgehead atoms. The molecule has 0 aliphatic heterocycles. The summed E-state index contributed by atoms with van der Waals surface area (Å²) in [5, 5.41) is 11.4. The molecule has 3 rings (SSSR count). The summed E-state index contributed by atoms with van der Waals surface area (Å²) in [4.78, 5) is 13.1. The molecule has 3 nitrogen and oxygen atoms in total. The highest BCUT2D eigenvalue weighted by molar-refractivity contribution is 6.09. The molecule has 2 aromatic carbocycles. The SMILES string of the molecule is C=C/C=C(\C=C)c1coc2ccc3ccc(C)c(C#N)c3c2c1=O. The third-order valence-corrected chi connectivity index (χ3v) is 4.07. The third-order valence-electron chi connectivity index (χ3n) is 4.07. The molecule has 3 aromatic rings. The first kappa shape index (κ1) is 15.5. The van der Waals surface area contributed by atoms with Crippen LogP contribution < -0.4 is 5.43 Å². The van der Waals surface area contributed by atoms with E-state index in [0.717, 1.165) is 10.9 Å². The van der Waals surface area contributed by atoms with Crippen LogP contribution in [0.2, 0.25) is 0 Å². The monoisotopic (exact) mass is 313 g/mol. The van der Waals surface area contributed by atoms with E-state index in [1.807, 2.05) is 25.1 Å². The van der Waals surface area contributed by atoms with Gasteiger partial charge in [-0.3, -0.25) is 4.79 Å². The summed E-state index contributed by atoms with van der Waals surface area (Å²) in [6.07, 6.45) is 6.30. The summed E-state index contributed by atoms with van der Waals surface area (Å²) >= 11 is 0. The normalized spacial score (nSPS) is 11.4. The van der Waals surface area contributed by atoms with Gasteiger partial charge in [0.25, 0.3) is 0 Å². The number of nitrogens with zero attached hydrogens (tertiary/aromatic N) is 1. The van der Waals surface area contributed by atoms with Crippen molar-refractivity contribution < 1.29 is 4.42 Å². The van der Waals surface area contributed by atoms with Crippen molar-refractivity contribution in [3.8, 4) is 6.07 Å². The zero-order valence-corrected chi connectivity index (χ0v) is 13.3. The molecule has 0 unspecified atom stereocenters. The lowest BCUT2D eigenvalue weighted by molar-refractivity contribution is 0.601. The average molecular weight is 313 g/mol. The van der Waals surface area contributed by atoms with E-state index in [2.05, 4.69) is 19.2 Å². The van der Waals surface area contributed by atoms with Crippen LogP contribution in [-0.2, 0) is 0 Å². The minimum atomic E-state index is -0.183. The summed E-state index contributed by atoms with van der Waals surface area (Å²) < 4.78 is 5.67. The molecular weight excluding hydrogens is 298 g/mol. The van der Waals surface area contributed by atoms with Crippen molar-refractivity contribution in [2.24, 2.45) is 0 Å². The van der Waals surface area contributed by atoms with Gasteiger partial charge in [-0.25, -0.2) is 0 Å². The molecule has 0 atom stereocenters. The average Bonchev–Trinajstić information content (AvgIpc) is 2.60. The summed E-state index contributed by atoms with van der Waals surface area (Å²) in [6, 6.07) is 9.61. The fourth-order valence-corrected chi connectivity index (χ4v) is 2.88. The summed E-state index contributed by atoms with van der Waals surface area (Å²) in [7, 11) is 0. The predicted molar refractivity (Wildman–Crippen MR) is 97.8 cm³/mol. The summed E-state index contributed by atoms with van der Waals surface area (Å²) in [5.41, 5.74) is 2.62. The summed E-state index contributed by atoms with van der Waals surface area (Å²) in [5.74, 6) is 0. The van der Waals surface area contributed by atoms with Crippen molar-refractivity contribution >= 4 is 27.3 Å². The standard InChI is InChI=1S/C21H15NO2/c1-4-6-14(5-2)17-12-24-18-10-9-15-8-7-13(3)16(11-22)19(15)20(18)21(17)23/h4-10,12H,1-2H2,3H3/b14-6+. The van der Waals surface area contributed by atoms with Crippen LogP contribution in [-0.4, -0.2) is 0 Å². The smallest absolute Gasteiger partial charge is 0.201 e. The maximum atomic E-state index is 13.1. The lowest BCUT2D eigenvalue weighted by Gasteiger charge is -2.08. The molecule has 0 aliphatic carbocycles. The number of hydrogen-bond acceptors (Lipinski definition) is 3. The zero-order valence-electron chi connectivity index (χ0n) is 13.3. The van der Waals surface area contributed by atoms with Crippen LogP contribution in [0.25, 0.3) is 27.3 Å². The Kier molecular flexibility index (Phi) is 3.89. The molecule has 0 radical (unpaired) electrons. The van der Waals surface area contributed by atoms with Crippen molar-refractivity contribution in [3.63, 3.8) is 0 Å². The number of nitriles is 1. The zero-order chi connectivity index (χ0) is 17.3. The molecule has 1 heterocycles. The van der Waals surface area contributed by atoms with Gasteiger partial charge < -0.3 is 4.42 Å². The molecule has 0 N–H and O–H groups in total. The lowest BCUT2D eigenvalue weighted by Crippen LogP contribution is -2.08. The van der Waals surface area contributed by atoms with Gasteiger partial charge in [-0.1, -0.05) is 49.6 Å². The van der Waals surface area contributed by atoms with E-state index in [0.29, 0.717) is 33.1 Å². The van der Waals surface area contributed by atoms with E-state index in [4.69, 9.17) is 4.42 Å². The Morgan fingerprint density at radius 1 is 1.21 bits per heavy atom. The van der Waals surface area contributed by atoms with E-state index in [1.54, 1.807) is 24.3 Å². The lowest BCUT2D eigenvalue weighted by atomic mass is 9.95. The van der Waals surface area contributed by atoms with E-state index >= 15 is 0 Å². The van der Waals surface area contributed by atoms with Gasteiger partial charge >= 0.3 is 0 Å². The molecule has 0 spiro atoms. The first-order valence-corrected chi connectivity index (χ1v) is 7.45. The Morgan fingerprint density at radius 2 is 1.96 bits per heavy atom. The Balaban J connectivity index is 2.58. The van der Waals surface area contributed by atoms with Crippen LogP contribution in [0.15, 0.2) is 71.1 Å². The molecule has 1 aromatic heterocycles. The number of hydrogen-bond donors (Lipinski definition) is 0. The van der Waals surface area contributed by atoms with Gasteiger partial charge in [0.15, 0.2) is 0 Å². The Hall–Kier alpha value is -3.38. The quantitative estimate of drug-likeness (QED) is 0.511. The van der Waals surface area contributed by atoms with E-state index in [9.17, 15) is 10.1 Å². The largest absolute Gasteiger partial charge is 0.463 e. The predicted octanol–water partition coefficient (Wildman–Crippen LogP) is 4.88. The van der Waals surface area contributed by atoms with Crippen molar-refractivity contribution in [1.82, 2.24) is 0 Å². The molecule has 0 amide bonds. The topological polar surface area (TPSA) is 54.0 Å². The molecule has 3 heteroatoms. The highest BCUT2D eigenvalue weighted by Gasteiger charge is 2.15. The molecule has 0 aliphatic rings. The Bertz CT molecular complexity index is 1120. The van der Waals surface area contributed by atoms with E-state index in [-0.39, 0.29) is 5.43 Å². The fourth-order valence-electron chi connectivity index (χ4n) is 2.88. The molecule has 24 heavy (non-hydrogen) atoms. The van der Waals surface area contributed by atoms with E-state index in [1.165, 1.54) is 6.26 Å². The first-order valence-electron chi connectivity index (χ1n) is 7.45. The van der Waals surface area contributed by atoms with Gasteiger partial charge in [0.2, 0.25) is 5.43 Å². The Labute approximate surface area is 139 Å².